The number of benzene rings is 2. The topological polar surface area (TPSA) is 87.7 Å². The predicted molar refractivity (Wildman–Crippen MR) is 88.4 cm³/mol. The smallest absolute Gasteiger partial charge is 0.418 e. The van der Waals surface area contributed by atoms with Gasteiger partial charge in [-0.25, -0.2) is 4.79 Å². The van der Waals surface area contributed by atoms with Crippen molar-refractivity contribution in [2.45, 2.75) is 12.6 Å². The minimum atomic E-state index is -4.61. The highest BCUT2D eigenvalue weighted by Gasteiger charge is 2.33. The van der Waals surface area contributed by atoms with Gasteiger partial charge in [0.25, 0.3) is 0 Å². The van der Waals surface area contributed by atoms with Crippen LogP contribution >= 0.6 is 0 Å². The molecule has 0 aliphatic heterocycles. The normalized spacial score (nSPS) is 10.9. The Morgan fingerprint density at radius 3 is 2.35 bits per heavy atom. The summed E-state index contributed by atoms with van der Waals surface area (Å²) >= 11 is 0. The van der Waals surface area contributed by atoms with Crippen molar-refractivity contribution in [3.63, 3.8) is 0 Å². The van der Waals surface area contributed by atoms with Crippen molar-refractivity contribution in [1.29, 1.82) is 0 Å². The summed E-state index contributed by atoms with van der Waals surface area (Å²) in [4.78, 5) is 22.8. The minimum Gasteiger partial charge on any atom is -0.495 e. The van der Waals surface area contributed by atoms with Crippen LogP contribution in [0.15, 0.2) is 42.5 Å². The zero-order chi connectivity index (χ0) is 19.3. The van der Waals surface area contributed by atoms with Gasteiger partial charge in [0.2, 0.25) is 0 Å². The monoisotopic (exact) mass is 368 g/mol. The number of carbonyl (C=O) groups excluding carboxylic acids is 1. The van der Waals surface area contributed by atoms with E-state index in [-0.39, 0.29) is 23.5 Å². The fourth-order valence-corrected chi connectivity index (χ4v) is 2.24. The quantitative estimate of drug-likeness (QED) is 0.745. The fourth-order valence-electron chi connectivity index (χ4n) is 2.24. The lowest BCUT2D eigenvalue weighted by molar-refractivity contribution is -0.137. The van der Waals surface area contributed by atoms with E-state index in [1.54, 1.807) is 0 Å². The molecule has 0 spiro atoms. The molecule has 0 atom stereocenters. The number of anilines is 2. The molecule has 0 aliphatic carbocycles. The van der Waals surface area contributed by atoms with E-state index in [0.717, 1.165) is 12.1 Å². The fraction of sp³-hybridized carbons (Fsp3) is 0.176. The Kier molecular flexibility index (Phi) is 5.71. The second-order valence-corrected chi connectivity index (χ2v) is 5.23. The van der Waals surface area contributed by atoms with Crippen LogP contribution in [0.5, 0.6) is 5.75 Å². The third-order valence-corrected chi connectivity index (χ3v) is 3.35. The third-order valence-electron chi connectivity index (χ3n) is 3.35. The molecule has 2 aromatic carbocycles. The molecule has 0 radical (unpaired) electrons. The van der Waals surface area contributed by atoms with Crippen LogP contribution in [0.1, 0.15) is 11.1 Å². The average Bonchev–Trinajstić information content (AvgIpc) is 2.55. The summed E-state index contributed by atoms with van der Waals surface area (Å²) in [6.45, 7) is 0. The molecule has 2 amide bonds. The Hall–Kier alpha value is -3.23. The molecular formula is C17H15F3N2O4. The highest BCUT2D eigenvalue weighted by atomic mass is 19.4. The first-order chi connectivity index (χ1) is 12.2. The maximum Gasteiger partial charge on any atom is 0.418 e. The lowest BCUT2D eigenvalue weighted by Crippen LogP contribution is -2.22. The Bertz CT molecular complexity index is 822. The summed E-state index contributed by atoms with van der Waals surface area (Å²) < 4.78 is 43.9. The Labute approximate surface area is 146 Å². The van der Waals surface area contributed by atoms with Crippen LogP contribution in [0.4, 0.5) is 29.3 Å². The van der Waals surface area contributed by atoms with Gasteiger partial charge in [-0.15, -0.1) is 0 Å². The number of nitrogens with one attached hydrogen (secondary N) is 2. The molecule has 0 unspecified atom stereocenters. The van der Waals surface area contributed by atoms with Crippen LogP contribution in [-0.2, 0) is 17.4 Å². The Balaban J connectivity index is 2.17. The van der Waals surface area contributed by atoms with Gasteiger partial charge < -0.3 is 20.5 Å². The van der Waals surface area contributed by atoms with E-state index in [9.17, 15) is 22.8 Å². The molecule has 9 heteroatoms. The number of para-hydroxylation sites is 1. The van der Waals surface area contributed by atoms with Crippen molar-refractivity contribution >= 4 is 23.4 Å². The number of carboxylic acids is 1. The van der Waals surface area contributed by atoms with Crippen molar-refractivity contribution in [3.05, 3.63) is 53.6 Å². The van der Waals surface area contributed by atoms with Crippen molar-refractivity contribution in [2.75, 3.05) is 17.7 Å². The number of carboxylic acid groups (broad SMARTS) is 1. The molecule has 6 nitrogen and oxygen atoms in total. The van der Waals surface area contributed by atoms with E-state index in [1.807, 2.05) is 0 Å². The number of urea groups is 1. The number of ether oxygens (including phenoxy) is 1. The highest BCUT2D eigenvalue weighted by Crippen LogP contribution is 2.34. The zero-order valence-electron chi connectivity index (χ0n) is 13.6. The predicted octanol–water partition coefficient (Wildman–Crippen LogP) is 3.99. The first-order valence-electron chi connectivity index (χ1n) is 7.33. The molecule has 2 rings (SSSR count). The van der Waals surface area contributed by atoms with Gasteiger partial charge in [-0.3, -0.25) is 4.79 Å². The van der Waals surface area contributed by atoms with Gasteiger partial charge in [0.15, 0.2) is 0 Å². The Morgan fingerprint density at radius 1 is 1.08 bits per heavy atom. The average molecular weight is 368 g/mol. The largest absolute Gasteiger partial charge is 0.495 e. The van der Waals surface area contributed by atoms with Crippen molar-refractivity contribution in [1.82, 2.24) is 0 Å². The molecule has 0 bridgehead atoms. The van der Waals surface area contributed by atoms with E-state index in [0.29, 0.717) is 5.56 Å². The number of amides is 2. The van der Waals surface area contributed by atoms with E-state index >= 15 is 0 Å². The number of methoxy groups -OCH3 is 1. The standard InChI is InChI=1S/C17H15F3N2O4/c1-26-14-8-10(9-15(23)24)6-7-13(14)22-16(25)21-12-5-3-2-4-11(12)17(18,19)20/h2-8H,9H2,1H3,(H,23,24)(H2,21,22,25). The molecule has 26 heavy (non-hydrogen) atoms. The lowest BCUT2D eigenvalue weighted by atomic mass is 10.1. The van der Waals surface area contributed by atoms with Gasteiger partial charge in [0.05, 0.1) is 30.5 Å². The summed E-state index contributed by atoms with van der Waals surface area (Å²) in [6.07, 6.45) is -4.85. The molecule has 2 aromatic rings. The van der Waals surface area contributed by atoms with E-state index in [1.165, 1.54) is 37.4 Å². The molecule has 0 aromatic heterocycles. The SMILES string of the molecule is COc1cc(CC(=O)O)ccc1NC(=O)Nc1ccccc1C(F)(F)F. The van der Waals surface area contributed by atoms with Crippen molar-refractivity contribution in [3.8, 4) is 5.75 Å². The second kappa shape index (κ2) is 7.77. The van der Waals surface area contributed by atoms with Crippen LogP contribution in [-0.4, -0.2) is 24.2 Å². The molecule has 0 fully saturated rings. The number of hydrogen-bond donors (Lipinski definition) is 3. The number of hydrogen-bond acceptors (Lipinski definition) is 3. The Morgan fingerprint density at radius 2 is 1.73 bits per heavy atom. The van der Waals surface area contributed by atoms with Crippen LogP contribution < -0.4 is 15.4 Å². The summed E-state index contributed by atoms with van der Waals surface area (Å²) in [5.41, 5.74) is -0.732. The summed E-state index contributed by atoms with van der Waals surface area (Å²) in [5, 5.41) is 13.3. The third kappa shape index (κ3) is 4.88. The number of aliphatic carboxylic acids is 1. The van der Waals surface area contributed by atoms with Gasteiger partial charge in [-0.2, -0.15) is 13.2 Å². The summed E-state index contributed by atoms with van der Waals surface area (Å²) in [7, 11) is 1.32. The first-order valence-corrected chi connectivity index (χ1v) is 7.33. The van der Waals surface area contributed by atoms with Gasteiger partial charge in [0.1, 0.15) is 5.75 Å². The molecule has 0 heterocycles. The molecule has 3 N–H and O–H groups in total. The van der Waals surface area contributed by atoms with E-state index < -0.39 is 23.7 Å². The maximum absolute atomic E-state index is 13.0. The molecule has 0 aliphatic rings. The van der Waals surface area contributed by atoms with Gasteiger partial charge in [-0.05, 0) is 29.8 Å². The van der Waals surface area contributed by atoms with Crippen molar-refractivity contribution in [2.24, 2.45) is 0 Å². The summed E-state index contributed by atoms with van der Waals surface area (Å²) in [5.74, 6) is -0.850. The number of halogens is 3. The highest BCUT2D eigenvalue weighted by molar-refractivity contribution is 6.01. The molecule has 0 saturated heterocycles. The van der Waals surface area contributed by atoms with E-state index in [4.69, 9.17) is 9.84 Å². The number of carbonyl (C=O) groups is 2. The molecular weight excluding hydrogens is 353 g/mol. The van der Waals surface area contributed by atoms with Gasteiger partial charge in [-0.1, -0.05) is 18.2 Å². The van der Waals surface area contributed by atoms with Gasteiger partial charge in [0, 0.05) is 0 Å². The van der Waals surface area contributed by atoms with Crippen LogP contribution in [0.25, 0.3) is 0 Å². The molecule has 0 saturated carbocycles. The van der Waals surface area contributed by atoms with Gasteiger partial charge >= 0.3 is 18.2 Å². The van der Waals surface area contributed by atoms with E-state index in [2.05, 4.69) is 10.6 Å². The first kappa shape index (κ1) is 19.1. The maximum atomic E-state index is 13.0. The minimum absolute atomic E-state index is 0.183. The number of rotatable bonds is 5. The second-order valence-electron chi connectivity index (χ2n) is 5.23. The van der Waals surface area contributed by atoms with Crippen LogP contribution in [0.3, 0.4) is 0 Å². The van der Waals surface area contributed by atoms with Crippen molar-refractivity contribution < 1.29 is 32.6 Å². The van der Waals surface area contributed by atoms with Crippen LogP contribution in [0, 0.1) is 0 Å². The molecule has 138 valence electrons. The lowest BCUT2D eigenvalue weighted by Gasteiger charge is -2.15. The number of alkyl halides is 3. The summed E-state index contributed by atoms with van der Waals surface area (Å²) in [6, 6.07) is 7.98. The van der Waals surface area contributed by atoms with Crippen LogP contribution in [0.2, 0.25) is 0 Å². The zero-order valence-corrected chi connectivity index (χ0v) is 13.6.